The van der Waals surface area contributed by atoms with Crippen LogP contribution in [0.3, 0.4) is 0 Å². The lowest BCUT2D eigenvalue weighted by atomic mass is 9.65. The van der Waals surface area contributed by atoms with Gasteiger partial charge in [0.05, 0.1) is 19.3 Å². The molecule has 36 heavy (non-hydrogen) atoms. The third kappa shape index (κ3) is 5.98. The first-order chi connectivity index (χ1) is 17.1. The molecule has 2 fully saturated rings. The number of esters is 1. The van der Waals surface area contributed by atoms with Crippen molar-refractivity contribution in [1.29, 1.82) is 0 Å². The molecular weight excluding hydrogens is 456 g/mol. The Bertz CT molecular complexity index is 826. The molecule has 3 aliphatic rings. The maximum atomic E-state index is 13.9. The first-order valence-corrected chi connectivity index (χ1v) is 14.1. The van der Waals surface area contributed by atoms with Crippen molar-refractivity contribution in [3.05, 3.63) is 11.8 Å². The zero-order chi connectivity index (χ0) is 26.5. The fraction of sp³-hybridized carbons (Fsp3) is 0.828. The van der Waals surface area contributed by atoms with Crippen LogP contribution in [0.1, 0.15) is 98.8 Å². The molecule has 2 saturated heterocycles. The highest BCUT2D eigenvalue weighted by Gasteiger charge is 2.60. The number of amides is 2. The number of ether oxygens (including phenoxy) is 2. The summed E-state index contributed by atoms with van der Waals surface area (Å²) in [5, 5.41) is 0. The van der Waals surface area contributed by atoms with Crippen LogP contribution >= 0.6 is 0 Å². The predicted molar refractivity (Wildman–Crippen MR) is 140 cm³/mol. The van der Waals surface area contributed by atoms with Crippen molar-refractivity contribution in [3.8, 4) is 0 Å². The van der Waals surface area contributed by atoms with Crippen LogP contribution in [0.2, 0.25) is 0 Å². The van der Waals surface area contributed by atoms with Crippen LogP contribution in [0.4, 0.5) is 0 Å². The number of carbonyl (C=O) groups excluding carboxylic acids is 3. The lowest BCUT2D eigenvalue weighted by molar-refractivity contribution is -0.180. The Morgan fingerprint density at radius 1 is 1.11 bits per heavy atom. The normalized spacial score (nSPS) is 28.7. The molecular formula is C29H48N2O5. The third-order valence-electron chi connectivity index (χ3n) is 8.30. The van der Waals surface area contributed by atoms with Crippen molar-refractivity contribution in [2.75, 3.05) is 26.7 Å². The zero-order valence-electron chi connectivity index (χ0n) is 23.4. The van der Waals surface area contributed by atoms with Crippen molar-refractivity contribution >= 4 is 17.8 Å². The van der Waals surface area contributed by atoms with E-state index in [1.807, 2.05) is 22.8 Å². The van der Waals surface area contributed by atoms with Gasteiger partial charge in [0.15, 0.2) is 0 Å². The Morgan fingerprint density at radius 2 is 1.75 bits per heavy atom. The van der Waals surface area contributed by atoms with E-state index in [1.54, 1.807) is 0 Å². The number of methoxy groups -OCH3 is 1. The van der Waals surface area contributed by atoms with Gasteiger partial charge in [0.1, 0.15) is 5.41 Å². The molecule has 0 aliphatic carbocycles. The number of unbranched alkanes of at least 4 members (excludes halogenated alkanes) is 5. The van der Waals surface area contributed by atoms with Crippen LogP contribution in [0.5, 0.6) is 0 Å². The zero-order valence-corrected chi connectivity index (χ0v) is 23.4. The lowest BCUT2D eigenvalue weighted by Gasteiger charge is -2.53. The molecule has 0 saturated carbocycles. The molecule has 0 unspecified atom stereocenters. The van der Waals surface area contributed by atoms with Crippen LogP contribution in [0.25, 0.3) is 0 Å². The number of hydrogen-bond donors (Lipinski definition) is 0. The average molecular weight is 505 g/mol. The molecule has 2 amide bonds. The second-order valence-corrected chi connectivity index (χ2v) is 12.0. The van der Waals surface area contributed by atoms with Crippen molar-refractivity contribution in [2.45, 2.75) is 111 Å². The van der Waals surface area contributed by atoms with E-state index < -0.39 is 17.4 Å². The van der Waals surface area contributed by atoms with Crippen molar-refractivity contribution in [1.82, 2.24) is 9.80 Å². The van der Waals surface area contributed by atoms with Gasteiger partial charge in [0.2, 0.25) is 11.8 Å². The monoisotopic (exact) mass is 504 g/mol. The molecule has 0 radical (unpaired) electrons. The maximum absolute atomic E-state index is 13.9. The second kappa shape index (κ2) is 12.1. The summed E-state index contributed by atoms with van der Waals surface area (Å²) in [5.74, 6) is -0.974. The van der Waals surface area contributed by atoms with Crippen LogP contribution in [0.15, 0.2) is 11.8 Å². The van der Waals surface area contributed by atoms with E-state index in [0.717, 1.165) is 50.9 Å². The number of fused-ring (bicyclic) bond motifs is 1. The Labute approximate surface area is 217 Å². The summed E-state index contributed by atoms with van der Waals surface area (Å²) in [4.78, 5) is 44.2. The van der Waals surface area contributed by atoms with Gasteiger partial charge in [-0.05, 0) is 44.1 Å². The van der Waals surface area contributed by atoms with Gasteiger partial charge in [-0.25, -0.2) is 0 Å². The summed E-state index contributed by atoms with van der Waals surface area (Å²) in [6.07, 6.45) is 10.3. The number of carbonyl (C=O) groups is 3. The summed E-state index contributed by atoms with van der Waals surface area (Å²) in [5.41, 5.74) is -0.569. The van der Waals surface area contributed by atoms with E-state index in [1.165, 1.54) is 26.4 Å². The fourth-order valence-corrected chi connectivity index (χ4v) is 6.03. The molecule has 3 heterocycles. The first-order valence-electron chi connectivity index (χ1n) is 14.1. The molecule has 3 rings (SSSR count). The second-order valence-electron chi connectivity index (χ2n) is 12.0. The number of piperidine rings is 1. The minimum atomic E-state index is -1.09. The Kier molecular flexibility index (Phi) is 9.64. The van der Waals surface area contributed by atoms with Gasteiger partial charge in [-0.2, -0.15) is 0 Å². The SMILES string of the molecule is CCCCCCCCN1C(=O)[C@@H](CC(=O)N2CCCC2)C[C@@]2(C(=O)OC)C1=C[C@H](C(C)(C)C)O[C@@H]2C. The molecule has 0 aromatic carbocycles. The molecule has 0 bridgehead atoms. The van der Waals surface area contributed by atoms with Crippen molar-refractivity contribution in [2.24, 2.45) is 16.7 Å². The highest BCUT2D eigenvalue weighted by atomic mass is 16.5. The largest absolute Gasteiger partial charge is 0.468 e. The van der Waals surface area contributed by atoms with E-state index in [-0.39, 0.29) is 42.1 Å². The molecule has 4 atom stereocenters. The van der Waals surface area contributed by atoms with Gasteiger partial charge in [-0.3, -0.25) is 14.4 Å². The van der Waals surface area contributed by atoms with Gasteiger partial charge in [0.25, 0.3) is 0 Å². The summed E-state index contributed by atoms with van der Waals surface area (Å²) in [7, 11) is 1.40. The highest BCUT2D eigenvalue weighted by Crippen LogP contribution is 2.52. The molecule has 204 valence electrons. The summed E-state index contributed by atoms with van der Waals surface area (Å²) >= 11 is 0. The predicted octanol–water partition coefficient (Wildman–Crippen LogP) is 5.08. The molecule has 0 spiro atoms. The summed E-state index contributed by atoms with van der Waals surface area (Å²) in [6, 6.07) is 0. The van der Waals surface area contributed by atoms with Gasteiger partial charge < -0.3 is 19.3 Å². The van der Waals surface area contributed by atoms with E-state index in [0.29, 0.717) is 6.54 Å². The summed E-state index contributed by atoms with van der Waals surface area (Å²) < 4.78 is 11.8. The molecule has 3 aliphatic heterocycles. The number of nitrogens with zero attached hydrogens (tertiary/aromatic N) is 2. The Hall–Kier alpha value is -1.89. The Morgan fingerprint density at radius 3 is 2.36 bits per heavy atom. The van der Waals surface area contributed by atoms with Gasteiger partial charge >= 0.3 is 5.97 Å². The van der Waals surface area contributed by atoms with Gasteiger partial charge in [-0.1, -0.05) is 59.8 Å². The molecule has 0 N–H and O–H groups in total. The molecule has 7 nitrogen and oxygen atoms in total. The third-order valence-corrected chi connectivity index (χ3v) is 8.30. The van der Waals surface area contributed by atoms with Crippen LogP contribution < -0.4 is 0 Å². The highest BCUT2D eigenvalue weighted by molar-refractivity contribution is 5.92. The minimum absolute atomic E-state index is 0.00904. The smallest absolute Gasteiger partial charge is 0.320 e. The number of rotatable bonds is 10. The van der Waals surface area contributed by atoms with Gasteiger partial charge in [0, 0.05) is 37.7 Å². The first kappa shape index (κ1) is 28.7. The van der Waals surface area contributed by atoms with Crippen LogP contribution in [-0.2, 0) is 23.9 Å². The van der Waals surface area contributed by atoms with Crippen molar-refractivity contribution < 1.29 is 23.9 Å². The Balaban J connectivity index is 1.95. The molecule has 7 heteroatoms. The summed E-state index contributed by atoms with van der Waals surface area (Å²) in [6.45, 7) is 12.5. The van der Waals surface area contributed by atoms with E-state index in [4.69, 9.17) is 9.47 Å². The minimum Gasteiger partial charge on any atom is -0.468 e. The number of hydrogen-bond acceptors (Lipinski definition) is 5. The maximum Gasteiger partial charge on any atom is 0.320 e. The molecule has 0 aromatic rings. The quantitative estimate of drug-likeness (QED) is 0.306. The topological polar surface area (TPSA) is 76.2 Å². The lowest BCUT2D eigenvalue weighted by Crippen LogP contribution is -2.61. The molecule has 0 aromatic heterocycles. The average Bonchev–Trinajstić information content (AvgIpc) is 3.37. The van der Waals surface area contributed by atoms with Crippen molar-refractivity contribution in [3.63, 3.8) is 0 Å². The fourth-order valence-electron chi connectivity index (χ4n) is 6.03. The van der Waals surface area contributed by atoms with E-state index in [9.17, 15) is 14.4 Å². The van der Waals surface area contributed by atoms with Crippen LogP contribution in [0, 0.1) is 16.7 Å². The van der Waals surface area contributed by atoms with Crippen LogP contribution in [-0.4, -0.2) is 66.5 Å². The number of likely N-dealkylation sites (tertiary alicyclic amines) is 2. The van der Waals surface area contributed by atoms with Gasteiger partial charge in [-0.15, -0.1) is 0 Å². The van der Waals surface area contributed by atoms with E-state index in [2.05, 4.69) is 27.7 Å². The van der Waals surface area contributed by atoms with E-state index >= 15 is 0 Å². The standard InChI is InChI=1S/C29H48N2O5/c1-7-8-9-10-11-12-17-31-23-19-24(28(3,4)5)36-21(2)29(23,27(34)35-6)20-22(26(31)33)18-25(32)30-15-13-14-16-30/h19,21-22,24H,7-18,20H2,1-6H3/t21-,22+,24-,29+/m1/s1.